The number of esters is 3. The lowest BCUT2D eigenvalue weighted by Crippen LogP contribution is -2.39. The summed E-state index contributed by atoms with van der Waals surface area (Å²) in [4.78, 5) is 52.1. The summed E-state index contributed by atoms with van der Waals surface area (Å²) >= 11 is 6.51. The van der Waals surface area contributed by atoms with Crippen molar-refractivity contribution in [1.29, 1.82) is 0 Å². The molecule has 2 aliphatic heterocycles. The summed E-state index contributed by atoms with van der Waals surface area (Å²) in [7, 11) is 1.24. The van der Waals surface area contributed by atoms with Crippen molar-refractivity contribution in [3.05, 3.63) is 77.3 Å². The molecule has 1 unspecified atom stereocenters. The van der Waals surface area contributed by atoms with Gasteiger partial charge in [0.1, 0.15) is 6.10 Å². The number of benzene rings is 2. The molecule has 4 aromatic rings. The van der Waals surface area contributed by atoms with E-state index >= 15 is 0 Å². The number of fused-ring (bicyclic) bond motifs is 2. The van der Waals surface area contributed by atoms with Gasteiger partial charge in [0.05, 0.1) is 19.9 Å². The number of rotatable bonds is 7. The quantitative estimate of drug-likeness (QED) is 0.171. The maximum absolute atomic E-state index is 12.2. The molecule has 2 aromatic carbocycles. The van der Waals surface area contributed by atoms with Gasteiger partial charge in [-0.3, -0.25) is 19.0 Å². The van der Waals surface area contributed by atoms with E-state index in [0.717, 1.165) is 16.8 Å². The van der Waals surface area contributed by atoms with Crippen molar-refractivity contribution in [1.82, 2.24) is 19.5 Å². The van der Waals surface area contributed by atoms with Crippen molar-refractivity contribution in [3.63, 3.8) is 0 Å². The highest BCUT2D eigenvalue weighted by molar-refractivity contribution is 6.28. The number of anilines is 2. The summed E-state index contributed by atoms with van der Waals surface area (Å²) in [5.41, 5.74) is 4.00. The zero-order valence-corrected chi connectivity index (χ0v) is 24.3. The first-order valence-electron chi connectivity index (χ1n) is 13.6. The highest BCUT2D eigenvalue weighted by atomic mass is 35.5. The van der Waals surface area contributed by atoms with E-state index in [-0.39, 0.29) is 17.6 Å². The molecule has 0 N–H and O–H groups in total. The fraction of sp³-hybridized carbons (Fsp3) is 0.333. The van der Waals surface area contributed by atoms with E-state index in [4.69, 9.17) is 30.5 Å². The minimum Gasteiger partial charge on any atom is -0.469 e. The summed E-state index contributed by atoms with van der Waals surface area (Å²) < 4.78 is 23.6. The number of aromatic nitrogens is 4. The Labute approximate surface area is 251 Å². The molecule has 43 heavy (non-hydrogen) atoms. The van der Waals surface area contributed by atoms with Gasteiger partial charge in [-0.1, -0.05) is 48.5 Å². The SMILES string of the molecule is COC(=O)C[C@H]1O[C@@H](n2cnc3c(N4CC(c5ccccc5)c5ccccc54)nc(Cl)nc32)[C@H](OC(C)=O)[C@@H]1OC(C)=O. The zero-order valence-electron chi connectivity index (χ0n) is 23.5. The van der Waals surface area contributed by atoms with Gasteiger partial charge in [-0.2, -0.15) is 9.97 Å². The molecule has 0 spiro atoms. The number of hydrogen-bond donors (Lipinski definition) is 0. The third kappa shape index (κ3) is 5.39. The molecule has 2 aliphatic rings. The molecule has 12 nitrogen and oxygen atoms in total. The molecule has 0 bridgehead atoms. The lowest BCUT2D eigenvalue weighted by atomic mass is 9.93. The molecule has 0 aliphatic carbocycles. The second kappa shape index (κ2) is 11.6. The number of halogens is 1. The van der Waals surface area contributed by atoms with Crippen LogP contribution in [-0.2, 0) is 33.3 Å². The van der Waals surface area contributed by atoms with Gasteiger partial charge >= 0.3 is 17.9 Å². The average Bonchev–Trinajstić information content (AvgIpc) is 3.67. The molecule has 4 heterocycles. The highest BCUT2D eigenvalue weighted by Crippen LogP contribution is 2.45. The summed E-state index contributed by atoms with van der Waals surface area (Å²) in [6.45, 7) is 3.03. The average molecular weight is 606 g/mol. The number of carbonyl (C=O) groups excluding carboxylic acids is 3. The topological polar surface area (TPSA) is 135 Å². The zero-order chi connectivity index (χ0) is 30.2. The van der Waals surface area contributed by atoms with Crippen LogP contribution in [0.25, 0.3) is 11.2 Å². The molecule has 0 amide bonds. The van der Waals surface area contributed by atoms with Gasteiger partial charge in [0.2, 0.25) is 5.28 Å². The van der Waals surface area contributed by atoms with Crippen LogP contribution in [0.5, 0.6) is 0 Å². The number of imidazole rings is 1. The van der Waals surface area contributed by atoms with Gasteiger partial charge in [-0.25, -0.2) is 4.98 Å². The number of carbonyl (C=O) groups is 3. The van der Waals surface area contributed by atoms with Crippen LogP contribution in [0.1, 0.15) is 43.5 Å². The molecule has 0 radical (unpaired) electrons. The van der Waals surface area contributed by atoms with Crippen LogP contribution >= 0.6 is 11.6 Å². The second-order valence-electron chi connectivity index (χ2n) is 10.3. The maximum Gasteiger partial charge on any atom is 0.308 e. The van der Waals surface area contributed by atoms with Crippen LogP contribution < -0.4 is 4.90 Å². The van der Waals surface area contributed by atoms with Crippen molar-refractivity contribution >= 4 is 52.2 Å². The number of hydrogen-bond acceptors (Lipinski definition) is 11. The van der Waals surface area contributed by atoms with E-state index in [0.29, 0.717) is 23.5 Å². The Bertz CT molecular complexity index is 1700. The molecule has 0 saturated carbocycles. The molecule has 6 rings (SSSR count). The van der Waals surface area contributed by atoms with Gasteiger partial charge in [-0.05, 0) is 28.8 Å². The fourth-order valence-corrected chi connectivity index (χ4v) is 5.98. The van der Waals surface area contributed by atoms with Gasteiger partial charge in [0.25, 0.3) is 0 Å². The number of nitrogens with zero attached hydrogens (tertiary/aromatic N) is 5. The van der Waals surface area contributed by atoms with E-state index in [2.05, 4.69) is 38.1 Å². The maximum atomic E-state index is 12.2. The first-order valence-corrected chi connectivity index (χ1v) is 14.0. The third-order valence-corrected chi connectivity index (χ3v) is 7.73. The molecular weight excluding hydrogens is 578 g/mol. The molecule has 2 aromatic heterocycles. The molecule has 222 valence electrons. The van der Waals surface area contributed by atoms with Gasteiger partial charge in [-0.15, -0.1) is 0 Å². The second-order valence-corrected chi connectivity index (χ2v) is 10.6. The van der Waals surface area contributed by atoms with Gasteiger partial charge in [0, 0.05) is 32.0 Å². The molecule has 1 fully saturated rings. The Morgan fingerprint density at radius 1 is 0.977 bits per heavy atom. The molecule has 5 atom stereocenters. The van der Waals surface area contributed by atoms with E-state index in [9.17, 15) is 14.4 Å². The van der Waals surface area contributed by atoms with E-state index < -0.39 is 42.4 Å². The van der Waals surface area contributed by atoms with Crippen LogP contribution in [0.4, 0.5) is 11.5 Å². The van der Waals surface area contributed by atoms with E-state index in [1.807, 2.05) is 36.4 Å². The lowest BCUT2D eigenvalue weighted by molar-refractivity contribution is -0.165. The van der Waals surface area contributed by atoms with Crippen molar-refractivity contribution in [3.8, 4) is 0 Å². The Morgan fingerprint density at radius 2 is 1.67 bits per heavy atom. The van der Waals surface area contributed by atoms with E-state index in [1.165, 1.54) is 27.3 Å². The van der Waals surface area contributed by atoms with Crippen LogP contribution in [0.3, 0.4) is 0 Å². The predicted molar refractivity (Wildman–Crippen MR) is 154 cm³/mol. The summed E-state index contributed by atoms with van der Waals surface area (Å²) in [5.74, 6) is -1.28. The number of methoxy groups -OCH3 is 1. The third-order valence-electron chi connectivity index (χ3n) is 7.56. The van der Waals surface area contributed by atoms with Crippen molar-refractivity contribution in [2.45, 2.75) is 50.7 Å². The van der Waals surface area contributed by atoms with Crippen molar-refractivity contribution in [2.75, 3.05) is 18.6 Å². The summed E-state index contributed by atoms with van der Waals surface area (Å²) in [6, 6.07) is 18.3. The van der Waals surface area contributed by atoms with E-state index in [1.54, 1.807) is 4.57 Å². The standard InChI is InChI=1S/C30H28ClN5O7/c1-16(37)41-25-22(13-23(39)40-3)43-29(26(25)42-17(2)38)36-15-32-24-27(33-30(31)34-28(24)36)35-14-20(18-9-5-4-6-10-18)19-11-7-8-12-21(19)35/h4-12,15,20,22,25-26,29H,13-14H2,1-3H3/t20?,22-,25-,26-,29-/m1/s1. The number of ether oxygens (including phenoxy) is 4. The van der Waals surface area contributed by atoms with Gasteiger partial charge < -0.3 is 23.8 Å². The minimum atomic E-state index is -1.12. The molecule has 1 saturated heterocycles. The first kappa shape index (κ1) is 28.6. The monoisotopic (exact) mass is 605 g/mol. The smallest absolute Gasteiger partial charge is 0.308 e. The lowest BCUT2D eigenvalue weighted by Gasteiger charge is -2.24. The highest BCUT2D eigenvalue weighted by Gasteiger charge is 2.51. The summed E-state index contributed by atoms with van der Waals surface area (Å²) in [5, 5.41) is -0.0328. The Balaban J connectivity index is 1.43. The fourth-order valence-electron chi connectivity index (χ4n) is 5.82. The first-order chi connectivity index (χ1) is 20.7. The summed E-state index contributed by atoms with van der Waals surface area (Å²) in [6.07, 6.45) is -3.03. The van der Waals surface area contributed by atoms with Crippen molar-refractivity contribution < 1.29 is 33.3 Å². The Morgan fingerprint density at radius 3 is 2.40 bits per heavy atom. The minimum absolute atomic E-state index is 0.0328. The molecule has 13 heteroatoms. The number of para-hydroxylation sites is 1. The Kier molecular flexibility index (Phi) is 7.72. The normalized spacial score (nSPS) is 22.8. The van der Waals surface area contributed by atoms with Crippen LogP contribution in [0.15, 0.2) is 60.9 Å². The van der Waals surface area contributed by atoms with Crippen LogP contribution in [0.2, 0.25) is 5.28 Å². The van der Waals surface area contributed by atoms with Crippen molar-refractivity contribution in [2.24, 2.45) is 0 Å². The predicted octanol–water partition coefficient (Wildman–Crippen LogP) is 4.09. The van der Waals surface area contributed by atoms with Crippen LogP contribution in [-0.4, -0.2) is 69.4 Å². The molecular formula is C30H28ClN5O7. The Hall–Kier alpha value is -4.55. The largest absolute Gasteiger partial charge is 0.469 e. The van der Waals surface area contributed by atoms with Crippen LogP contribution in [0, 0.1) is 0 Å². The van der Waals surface area contributed by atoms with Gasteiger partial charge in [0.15, 0.2) is 35.4 Å².